The number of hydrogen-bond donors (Lipinski definition) is 3. The zero-order chi connectivity index (χ0) is 26.8. The maximum Gasteiger partial charge on any atom is 0.322 e. The van der Waals surface area contributed by atoms with Crippen molar-refractivity contribution in [2.75, 3.05) is 20.8 Å². The van der Waals surface area contributed by atoms with Crippen LogP contribution in [0.1, 0.15) is 57.4 Å². The summed E-state index contributed by atoms with van der Waals surface area (Å²) in [7, 11) is 3.16. The van der Waals surface area contributed by atoms with Crippen LogP contribution in [0.5, 0.6) is 11.5 Å². The smallest absolute Gasteiger partial charge is 0.322 e. The monoisotopic (exact) mass is 502 g/mol. The van der Waals surface area contributed by atoms with E-state index in [-0.39, 0.29) is 18.0 Å². The van der Waals surface area contributed by atoms with E-state index >= 15 is 0 Å². The summed E-state index contributed by atoms with van der Waals surface area (Å²) in [4.78, 5) is 36.2. The minimum absolute atomic E-state index is 0.0433. The van der Waals surface area contributed by atoms with Crippen LogP contribution in [0.3, 0.4) is 0 Å². The van der Waals surface area contributed by atoms with Gasteiger partial charge in [0.1, 0.15) is 18.0 Å². The summed E-state index contributed by atoms with van der Waals surface area (Å²) in [5, 5.41) is 18.7. The summed E-state index contributed by atoms with van der Waals surface area (Å²) in [5.41, 5.74) is 1.61. The number of ether oxygens (including phenoxy) is 2. The van der Waals surface area contributed by atoms with Gasteiger partial charge < -0.3 is 25.2 Å². The summed E-state index contributed by atoms with van der Waals surface area (Å²) >= 11 is 0. The van der Waals surface area contributed by atoms with Crippen LogP contribution < -0.4 is 20.1 Å². The highest BCUT2D eigenvalue weighted by Crippen LogP contribution is 2.39. The molecular weight excluding hydrogens is 464 g/mol. The van der Waals surface area contributed by atoms with Gasteiger partial charge in [-0.25, -0.2) is 0 Å². The zero-order valence-electron chi connectivity index (χ0n) is 22.0. The normalized spacial score (nSPS) is 11.9. The summed E-state index contributed by atoms with van der Waals surface area (Å²) in [6, 6.07) is 6.70. The minimum Gasteiger partial charge on any atom is -0.496 e. The Hall–Kier alpha value is -3.56. The fourth-order valence-corrected chi connectivity index (χ4v) is 3.91. The maximum absolute atomic E-state index is 13.3. The molecule has 0 saturated heterocycles. The summed E-state index contributed by atoms with van der Waals surface area (Å²) in [6.45, 7) is 8.15. The largest absolute Gasteiger partial charge is 0.496 e. The lowest BCUT2D eigenvalue weighted by Gasteiger charge is -2.21. The number of carboxylic acid groups (broad SMARTS) is 1. The van der Waals surface area contributed by atoms with Crippen LogP contribution in [0, 0.1) is 11.8 Å². The van der Waals surface area contributed by atoms with Gasteiger partial charge in [0.25, 0.3) is 5.91 Å². The standard InChI is InChI=1S/C26H38N4O6/c1-7-17(8-2)15-30-20(25-21(35-5)10-9-11-22(25)36-6)12-19(29-30)26(34)28-18(16(3)4)13-23(31)27-14-24(32)33/h9-12,16-18H,7-8,13-15H2,1-6H3,(H,27,31)(H,28,34)(H,32,33). The van der Waals surface area contributed by atoms with Crippen molar-refractivity contribution in [1.82, 2.24) is 20.4 Å². The number of aliphatic carboxylic acids is 1. The first-order valence-corrected chi connectivity index (χ1v) is 12.2. The van der Waals surface area contributed by atoms with Crippen LogP contribution in [0.2, 0.25) is 0 Å². The fraction of sp³-hybridized carbons (Fsp3) is 0.538. The molecule has 0 aliphatic rings. The van der Waals surface area contributed by atoms with E-state index in [2.05, 4.69) is 29.6 Å². The molecule has 2 rings (SSSR count). The molecule has 1 aromatic heterocycles. The van der Waals surface area contributed by atoms with Crippen LogP contribution >= 0.6 is 0 Å². The molecule has 1 aromatic carbocycles. The molecule has 1 heterocycles. The third-order valence-electron chi connectivity index (χ3n) is 6.25. The van der Waals surface area contributed by atoms with Crippen molar-refractivity contribution in [3.05, 3.63) is 30.0 Å². The number of nitrogens with one attached hydrogen (secondary N) is 2. The lowest BCUT2D eigenvalue weighted by Crippen LogP contribution is -2.43. The van der Waals surface area contributed by atoms with Gasteiger partial charge in [0.05, 0.1) is 25.5 Å². The molecule has 10 nitrogen and oxygen atoms in total. The molecule has 2 amide bonds. The highest BCUT2D eigenvalue weighted by molar-refractivity contribution is 5.94. The molecule has 198 valence electrons. The Bertz CT molecular complexity index is 1020. The maximum atomic E-state index is 13.3. The average molecular weight is 503 g/mol. The second kappa shape index (κ2) is 13.5. The Morgan fingerprint density at radius 2 is 1.69 bits per heavy atom. The predicted octanol–water partition coefficient (Wildman–Crippen LogP) is 3.35. The van der Waals surface area contributed by atoms with Gasteiger partial charge in [0.2, 0.25) is 5.91 Å². The van der Waals surface area contributed by atoms with Crippen molar-refractivity contribution in [1.29, 1.82) is 0 Å². The molecule has 0 aliphatic heterocycles. The highest BCUT2D eigenvalue weighted by Gasteiger charge is 2.25. The number of carbonyl (C=O) groups excluding carboxylic acids is 2. The van der Waals surface area contributed by atoms with E-state index < -0.39 is 30.4 Å². The third-order valence-corrected chi connectivity index (χ3v) is 6.25. The molecule has 1 unspecified atom stereocenters. The van der Waals surface area contributed by atoms with Gasteiger partial charge in [-0.2, -0.15) is 5.10 Å². The lowest BCUT2D eigenvalue weighted by atomic mass is 10.00. The summed E-state index contributed by atoms with van der Waals surface area (Å²) in [6.07, 6.45) is 1.88. The molecule has 3 N–H and O–H groups in total. The SMILES string of the molecule is CCC(CC)Cn1nc(C(=O)NC(CC(=O)NCC(=O)O)C(C)C)cc1-c1c(OC)cccc1OC. The first-order valence-electron chi connectivity index (χ1n) is 12.2. The second-order valence-electron chi connectivity index (χ2n) is 9.02. The average Bonchev–Trinajstić information content (AvgIpc) is 3.28. The number of nitrogens with zero attached hydrogens (tertiary/aromatic N) is 2. The quantitative estimate of drug-likeness (QED) is 0.361. The van der Waals surface area contributed by atoms with E-state index in [1.54, 1.807) is 20.3 Å². The molecule has 0 saturated carbocycles. The zero-order valence-corrected chi connectivity index (χ0v) is 22.0. The van der Waals surface area contributed by atoms with Crippen LogP contribution in [-0.2, 0) is 16.1 Å². The number of aromatic nitrogens is 2. The van der Waals surface area contributed by atoms with Gasteiger partial charge in [0.15, 0.2) is 5.69 Å². The van der Waals surface area contributed by atoms with E-state index in [9.17, 15) is 14.4 Å². The Morgan fingerprint density at radius 1 is 1.08 bits per heavy atom. The topological polar surface area (TPSA) is 132 Å². The van der Waals surface area contributed by atoms with E-state index in [0.29, 0.717) is 35.2 Å². The van der Waals surface area contributed by atoms with Gasteiger partial charge >= 0.3 is 5.97 Å². The van der Waals surface area contributed by atoms with Gasteiger partial charge in [0, 0.05) is 19.0 Å². The Morgan fingerprint density at radius 3 is 2.19 bits per heavy atom. The molecule has 10 heteroatoms. The van der Waals surface area contributed by atoms with Gasteiger partial charge in [-0.15, -0.1) is 0 Å². The molecule has 2 aromatic rings. The van der Waals surface area contributed by atoms with Crippen molar-refractivity contribution in [2.45, 2.75) is 59.5 Å². The van der Waals surface area contributed by atoms with E-state index in [1.807, 2.05) is 36.7 Å². The lowest BCUT2D eigenvalue weighted by molar-refractivity contribution is -0.138. The van der Waals surface area contributed by atoms with Crippen molar-refractivity contribution < 1.29 is 29.0 Å². The number of carboxylic acids is 1. The number of hydrogen-bond acceptors (Lipinski definition) is 6. The Balaban J connectivity index is 2.42. The van der Waals surface area contributed by atoms with Crippen LogP contribution in [0.15, 0.2) is 24.3 Å². The van der Waals surface area contributed by atoms with Gasteiger partial charge in [-0.05, 0) is 30.0 Å². The van der Waals surface area contributed by atoms with Crippen molar-refractivity contribution >= 4 is 17.8 Å². The molecule has 36 heavy (non-hydrogen) atoms. The van der Waals surface area contributed by atoms with Crippen molar-refractivity contribution in [3.8, 4) is 22.8 Å². The fourth-order valence-electron chi connectivity index (χ4n) is 3.91. The predicted molar refractivity (Wildman–Crippen MR) is 136 cm³/mol. The molecule has 0 spiro atoms. The Labute approximate surface area is 212 Å². The first kappa shape index (κ1) is 28.7. The van der Waals surface area contributed by atoms with Gasteiger partial charge in [-0.1, -0.05) is 46.6 Å². The molecule has 0 bridgehead atoms. The number of rotatable bonds is 14. The summed E-state index contributed by atoms with van der Waals surface area (Å²) in [5.74, 6) is -0.500. The molecule has 0 radical (unpaired) electrons. The summed E-state index contributed by atoms with van der Waals surface area (Å²) < 4.78 is 13.0. The second-order valence-corrected chi connectivity index (χ2v) is 9.02. The molecular formula is C26H38N4O6. The number of carbonyl (C=O) groups is 3. The molecule has 0 fully saturated rings. The van der Waals surface area contributed by atoms with Gasteiger partial charge in [-0.3, -0.25) is 19.1 Å². The number of methoxy groups -OCH3 is 2. The van der Waals surface area contributed by atoms with E-state index in [4.69, 9.17) is 14.6 Å². The third kappa shape index (κ3) is 7.47. The number of benzene rings is 1. The van der Waals surface area contributed by atoms with Crippen molar-refractivity contribution in [3.63, 3.8) is 0 Å². The molecule has 0 aliphatic carbocycles. The van der Waals surface area contributed by atoms with Crippen LogP contribution in [-0.4, -0.2) is 59.5 Å². The highest BCUT2D eigenvalue weighted by atomic mass is 16.5. The van der Waals surface area contributed by atoms with Crippen LogP contribution in [0.4, 0.5) is 0 Å². The molecule has 1 atom stereocenters. The van der Waals surface area contributed by atoms with Crippen molar-refractivity contribution in [2.24, 2.45) is 11.8 Å². The Kier molecular flexibility index (Phi) is 10.8. The minimum atomic E-state index is -1.13. The van der Waals surface area contributed by atoms with Crippen LogP contribution in [0.25, 0.3) is 11.3 Å². The van der Waals surface area contributed by atoms with E-state index in [1.165, 1.54) is 0 Å². The number of amides is 2. The first-order chi connectivity index (χ1) is 17.1. The van der Waals surface area contributed by atoms with E-state index in [0.717, 1.165) is 12.8 Å².